The van der Waals surface area contributed by atoms with Gasteiger partial charge in [0.05, 0.1) is 17.8 Å². The van der Waals surface area contributed by atoms with Gasteiger partial charge in [-0.1, -0.05) is 30.0 Å². The van der Waals surface area contributed by atoms with E-state index in [1.807, 2.05) is 13.2 Å². The molecule has 2 heterocycles. The Bertz CT molecular complexity index is 702. The van der Waals surface area contributed by atoms with Crippen molar-refractivity contribution in [3.63, 3.8) is 0 Å². The van der Waals surface area contributed by atoms with Crippen LogP contribution in [0.1, 0.15) is 11.3 Å². The van der Waals surface area contributed by atoms with Crippen LogP contribution >= 0.6 is 34.7 Å². The molecule has 3 rings (SSSR count). The lowest BCUT2D eigenvalue weighted by Gasteiger charge is -2.03. The number of alkyl halides is 1. The monoisotopic (exact) mass is 308 g/mol. The van der Waals surface area contributed by atoms with E-state index < -0.39 is 0 Å². The van der Waals surface area contributed by atoms with Crippen molar-refractivity contribution >= 4 is 44.8 Å². The maximum atomic E-state index is 5.85. The maximum absolute atomic E-state index is 5.85. The van der Waals surface area contributed by atoms with Crippen LogP contribution in [0.3, 0.4) is 0 Å². The van der Waals surface area contributed by atoms with Crippen LogP contribution in [0.2, 0.25) is 0 Å². The lowest BCUT2D eigenvalue weighted by molar-refractivity contribution is 0.761. The molecule has 0 aliphatic carbocycles. The van der Waals surface area contributed by atoms with E-state index in [4.69, 9.17) is 11.6 Å². The number of hydrogen-bond acceptors (Lipinski definition) is 3. The molecule has 0 aliphatic heterocycles. The molecule has 3 aromatic rings. The molecular weight excluding hydrogens is 296 g/mol. The number of nitrogens with zero attached hydrogens (tertiary/aromatic N) is 2. The van der Waals surface area contributed by atoms with E-state index in [0.29, 0.717) is 5.88 Å². The molecule has 0 N–H and O–H groups in total. The van der Waals surface area contributed by atoms with E-state index >= 15 is 0 Å². The molecule has 98 valence electrons. The number of thioether (sulfide) groups is 1. The van der Waals surface area contributed by atoms with Crippen LogP contribution in [-0.4, -0.2) is 9.55 Å². The fourth-order valence-electron chi connectivity index (χ4n) is 1.97. The zero-order valence-electron chi connectivity index (χ0n) is 10.5. The Morgan fingerprint density at radius 3 is 3.00 bits per heavy atom. The Kier molecular flexibility index (Phi) is 3.82. The highest BCUT2D eigenvalue weighted by Gasteiger charge is 2.08. The lowest BCUT2D eigenvalue weighted by Crippen LogP contribution is -1.95. The Morgan fingerprint density at radius 2 is 2.21 bits per heavy atom. The summed E-state index contributed by atoms with van der Waals surface area (Å²) in [7, 11) is 2.01. The first-order chi connectivity index (χ1) is 9.29. The van der Waals surface area contributed by atoms with E-state index in [2.05, 4.69) is 39.2 Å². The molecule has 19 heavy (non-hydrogen) atoms. The number of aromatic nitrogens is 2. The van der Waals surface area contributed by atoms with Crippen LogP contribution in [-0.2, 0) is 18.7 Å². The van der Waals surface area contributed by atoms with E-state index in [-0.39, 0.29) is 0 Å². The molecule has 0 spiro atoms. The van der Waals surface area contributed by atoms with E-state index in [9.17, 15) is 0 Å². The minimum absolute atomic E-state index is 0.505. The highest BCUT2D eigenvalue weighted by molar-refractivity contribution is 7.98. The van der Waals surface area contributed by atoms with E-state index in [1.54, 1.807) is 23.1 Å². The minimum atomic E-state index is 0.505. The summed E-state index contributed by atoms with van der Waals surface area (Å²) in [5, 5.41) is 4.61. The first-order valence-electron chi connectivity index (χ1n) is 5.94. The summed E-state index contributed by atoms with van der Waals surface area (Å²) in [6, 6.07) is 8.53. The van der Waals surface area contributed by atoms with Gasteiger partial charge in [-0.15, -0.1) is 22.9 Å². The van der Waals surface area contributed by atoms with E-state index in [1.165, 1.54) is 15.6 Å². The summed E-state index contributed by atoms with van der Waals surface area (Å²) in [6.45, 7) is 0. The van der Waals surface area contributed by atoms with Crippen molar-refractivity contribution in [1.29, 1.82) is 0 Å². The highest BCUT2D eigenvalue weighted by atomic mass is 35.5. The largest absolute Gasteiger partial charge is 0.325 e. The Labute approximate surface area is 125 Å². The highest BCUT2D eigenvalue weighted by Crippen LogP contribution is 2.31. The average Bonchev–Trinajstić information content (AvgIpc) is 3.00. The van der Waals surface area contributed by atoms with Gasteiger partial charge in [0.15, 0.2) is 5.16 Å². The van der Waals surface area contributed by atoms with Crippen LogP contribution in [0.25, 0.3) is 10.1 Å². The predicted octanol–water partition coefficient (Wildman–Crippen LogP) is 4.67. The molecule has 0 saturated heterocycles. The van der Waals surface area contributed by atoms with E-state index in [0.717, 1.165) is 16.6 Å². The number of thiophene rings is 1. The van der Waals surface area contributed by atoms with Gasteiger partial charge in [-0.3, -0.25) is 0 Å². The van der Waals surface area contributed by atoms with Gasteiger partial charge >= 0.3 is 0 Å². The van der Waals surface area contributed by atoms with Crippen molar-refractivity contribution in [3.05, 3.63) is 47.1 Å². The van der Waals surface area contributed by atoms with Gasteiger partial charge in [0, 0.05) is 17.5 Å². The summed E-state index contributed by atoms with van der Waals surface area (Å²) >= 11 is 9.41. The van der Waals surface area contributed by atoms with Gasteiger partial charge in [-0.05, 0) is 22.4 Å². The van der Waals surface area contributed by atoms with Crippen LogP contribution in [0.15, 0.2) is 41.0 Å². The van der Waals surface area contributed by atoms with Gasteiger partial charge in [0.1, 0.15) is 0 Å². The van der Waals surface area contributed by atoms with Crippen molar-refractivity contribution in [1.82, 2.24) is 9.55 Å². The summed E-state index contributed by atoms with van der Waals surface area (Å²) in [5.74, 6) is 1.45. The van der Waals surface area contributed by atoms with Crippen LogP contribution in [0, 0.1) is 0 Å². The lowest BCUT2D eigenvalue weighted by atomic mass is 10.2. The molecule has 2 nitrogen and oxygen atoms in total. The van der Waals surface area contributed by atoms with Crippen molar-refractivity contribution in [2.75, 3.05) is 0 Å². The number of hydrogen-bond donors (Lipinski definition) is 0. The zero-order valence-corrected chi connectivity index (χ0v) is 12.9. The van der Waals surface area contributed by atoms with Crippen LogP contribution in [0.5, 0.6) is 0 Å². The topological polar surface area (TPSA) is 17.8 Å². The van der Waals surface area contributed by atoms with Crippen molar-refractivity contribution in [2.45, 2.75) is 16.8 Å². The summed E-state index contributed by atoms with van der Waals surface area (Å²) in [4.78, 5) is 4.41. The number of benzene rings is 1. The van der Waals surface area contributed by atoms with Crippen molar-refractivity contribution < 1.29 is 0 Å². The van der Waals surface area contributed by atoms with Crippen molar-refractivity contribution in [3.8, 4) is 0 Å². The normalized spacial score (nSPS) is 11.3. The van der Waals surface area contributed by atoms with Crippen LogP contribution in [0.4, 0.5) is 0 Å². The van der Waals surface area contributed by atoms with Gasteiger partial charge < -0.3 is 4.57 Å². The predicted molar refractivity (Wildman–Crippen MR) is 84.2 cm³/mol. The molecule has 0 atom stereocenters. The summed E-state index contributed by atoms with van der Waals surface area (Å²) < 4.78 is 3.41. The van der Waals surface area contributed by atoms with Gasteiger partial charge in [-0.2, -0.15) is 0 Å². The molecule has 0 unspecified atom stereocenters. The molecular formula is C14H13ClN2S2. The summed E-state index contributed by atoms with van der Waals surface area (Å²) in [5.41, 5.74) is 2.43. The Hall–Kier alpha value is -0.970. The molecule has 2 aromatic heterocycles. The Morgan fingerprint density at radius 1 is 1.37 bits per heavy atom. The van der Waals surface area contributed by atoms with Gasteiger partial charge in [-0.25, -0.2) is 4.98 Å². The Balaban J connectivity index is 1.80. The standard InChI is InChI=1S/C14H13ClN2S2/c1-17-11(6-15)7-16-14(17)19-9-10-8-18-13-5-3-2-4-12(10)13/h2-5,7-8H,6,9H2,1H3. The SMILES string of the molecule is Cn1c(CCl)cnc1SCc1csc2ccccc12. The average molecular weight is 309 g/mol. The van der Waals surface area contributed by atoms with Crippen molar-refractivity contribution in [2.24, 2.45) is 7.05 Å². The third-order valence-corrected chi connectivity index (χ3v) is 5.48. The number of rotatable bonds is 4. The molecule has 0 bridgehead atoms. The number of imidazole rings is 1. The molecule has 0 amide bonds. The third-order valence-electron chi connectivity index (χ3n) is 3.10. The fraction of sp³-hybridized carbons (Fsp3) is 0.214. The minimum Gasteiger partial charge on any atom is -0.325 e. The zero-order chi connectivity index (χ0) is 13.2. The molecule has 0 aliphatic rings. The number of halogens is 1. The quantitative estimate of drug-likeness (QED) is 0.515. The van der Waals surface area contributed by atoms with Crippen LogP contribution < -0.4 is 0 Å². The molecule has 1 aromatic carbocycles. The maximum Gasteiger partial charge on any atom is 0.168 e. The molecule has 5 heteroatoms. The van der Waals surface area contributed by atoms with Gasteiger partial charge in [0.2, 0.25) is 0 Å². The second-order valence-electron chi connectivity index (χ2n) is 4.27. The molecule has 0 fully saturated rings. The smallest absolute Gasteiger partial charge is 0.168 e. The molecule has 0 radical (unpaired) electrons. The third kappa shape index (κ3) is 2.53. The second kappa shape index (κ2) is 5.57. The number of fused-ring (bicyclic) bond motifs is 1. The summed E-state index contributed by atoms with van der Waals surface area (Å²) in [6.07, 6.45) is 1.85. The molecule has 0 saturated carbocycles. The first-order valence-corrected chi connectivity index (χ1v) is 8.34. The first kappa shape index (κ1) is 13.0. The fourth-order valence-corrected chi connectivity index (χ4v) is 4.25. The van der Waals surface area contributed by atoms with Gasteiger partial charge in [0.25, 0.3) is 0 Å². The second-order valence-corrected chi connectivity index (χ2v) is 6.39.